The Morgan fingerprint density at radius 2 is 1.67 bits per heavy atom. The number of nitrogens with one attached hydrogen (secondary N) is 1. The van der Waals surface area contributed by atoms with Gasteiger partial charge in [0.2, 0.25) is 17.7 Å². The van der Waals surface area contributed by atoms with E-state index >= 15 is 0 Å². The number of rotatable bonds is 6. The van der Waals surface area contributed by atoms with E-state index in [2.05, 4.69) is 5.32 Å². The van der Waals surface area contributed by atoms with Gasteiger partial charge < -0.3 is 26.0 Å². The minimum Gasteiger partial charge on any atom is -0.480 e. The first-order chi connectivity index (χ1) is 11.5. The lowest BCUT2D eigenvalue weighted by molar-refractivity contribution is -0.151. The summed E-state index contributed by atoms with van der Waals surface area (Å²) in [5, 5.41) is 11.7. The standard InChI is InChI=1S/C15H24N4O5/c16-6-5-12(20)17-9-13(21)18-7-1-3-10(18)14(22)19-8-2-4-11(19)15(23)24/h10-11H,1-9,16H2,(H,17,20)(H,23,24)/t10-,11+/m1/s1. The van der Waals surface area contributed by atoms with Gasteiger partial charge in [-0.3, -0.25) is 14.4 Å². The van der Waals surface area contributed by atoms with E-state index in [-0.39, 0.29) is 37.2 Å². The zero-order valence-electron chi connectivity index (χ0n) is 13.6. The third kappa shape index (κ3) is 4.02. The lowest BCUT2D eigenvalue weighted by Gasteiger charge is -2.30. The van der Waals surface area contributed by atoms with Gasteiger partial charge in [0.15, 0.2) is 0 Å². The summed E-state index contributed by atoms with van der Waals surface area (Å²) in [7, 11) is 0. The maximum Gasteiger partial charge on any atom is 0.326 e. The van der Waals surface area contributed by atoms with Gasteiger partial charge in [-0.15, -0.1) is 0 Å². The summed E-state index contributed by atoms with van der Waals surface area (Å²) < 4.78 is 0. The van der Waals surface area contributed by atoms with Crippen LogP contribution in [0.4, 0.5) is 0 Å². The number of carbonyl (C=O) groups is 4. The zero-order valence-corrected chi connectivity index (χ0v) is 13.6. The molecule has 0 aromatic carbocycles. The molecule has 0 bridgehead atoms. The highest BCUT2D eigenvalue weighted by atomic mass is 16.4. The molecule has 9 heteroatoms. The Hall–Kier alpha value is -2.16. The maximum absolute atomic E-state index is 12.7. The zero-order chi connectivity index (χ0) is 17.7. The van der Waals surface area contributed by atoms with Gasteiger partial charge in [-0.1, -0.05) is 0 Å². The first kappa shape index (κ1) is 18.2. The van der Waals surface area contributed by atoms with Gasteiger partial charge in [0, 0.05) is 26.1 Å². The molecule has 0 spiro atoms. The van der Waals surface area contributed by atoms with E-state index in [0.29, 0.717) is 38.8 Å². The molecule has 0 aromatic heterocycles. The minimum absolute atomic E-state index is 0.143. The van der Waals surface area contributed by atoms with Crippen LogP contribution in [0.2, 0.25) is 0 Å². The van der Waals surface area contributed by atoms with Crippen molar-refractivity contribution in [3.05, 3.63) is 0 Å². The molecular formula is C15H24N4O5. The van der Waals surface area contributed by atoms with Crippen molar-refractivity contribution in [3.8, 4) is 0 Å². The van der Waals surface area contributed by atoms with Gasteiger partial charge in [0.1, 0.15) is 12.1 Å². The molecule has 134 valence electrons. The molecule has 2 atom stereocenters. The van der Waals surface area contributed by atoms with Gasteiger partial charge in [-0.2, -0.15) is 0 Å². The number of likely N-dealkylation sites (tertiary alicyclic amines) is 2. The summed E-state index contributed by atoms with van der Waals surface area (Å²) in [6.45, 7) is 0.872. The van der Waals surface area contributed by atoms with Crippen LogP contribution in [0.5, 0.6) is 0 Å². The normalized spacial score (nSPS) is 23.4. The molecule has 2 fully saturated rings. The Labute approximate surface area is 140 Å². The topological polar surface area (TPSA) is 133 Å². The van der Waals surface area contributed by atoms with Crippen LogP contribution in [-0.2, 0) is 19.2 Å². The van der Waals surface area contributed by atoms with Gasteiger partial charge in [0.25, 0.3) is 0 Å². The molecule has 0 radical (unpaired) electrons. The summed E-state index contributed by atoms with van der Waals surface area (Å²) in [5.74, 6) is -1.95. The Morgan fingerprint density at radius 3 is 2.29 bits per heavy atom. The van der Waals surface area contributed by atoms with E-state index in [0.717, 1.165) is 0 Å². The number of carbonyl (C=O) groups excluding carboxylic acids is 3. The van der Waals surface area contributed by atoms with Crippen molar-refractivity contribution in [2.75, 3.05) is 26.2 Å². The Morgan fingerprint density at radius 1 is 1.04 bits per heavy atom. The van der Waals surface area contributed by atoms with Crippen molar-refractivity contribution in [2.45, 2.75) is 44.2 Å². The minimum atomic E-state index is -1.01. The first-order valence-electron chi connectivity index (χ1n) is 8.25. The summed E-state index contributed by atoms with van der Waals surface area (Å²) in [6.07, 6.45) is 2.44. The van der Waals surface area contributed by atoms with Gasteiger partial charge in [-0.05, 0) is 25.7 Å². The predicted molar refractivity (Wildman–Crippen MR) is 83.8 cm³/mol. The monoisotopic (exact) mass is 340 g/mol. The molecule has 3 amide bonds. The molecule has 0 aromatic rings. The van der Waals surface area contributed by atoms with Crippen LogP contribution in [-0.4, -0.2) is 76.9 Å². The SMILES string of the molecule is NCCC(=O)NCC(=O)N1CCC[C@@H]1C(=O)N1CCC[C@H]1C(=O)O. The average Bonchev–Trinajstić information content (AvgIpc) is 3.21. The Balaban J connectivity index is 1.96. The number of nitrogens with zero attached hydrogens (tertiary/aromatic N) is 2. The van der Waals surface area contributed by atoms with E-state index in [4.69, 9.17) is 5.73 Å². The Kier molecular flexibility index (Phi) is 6.13. The molecule has 9 nitrogen and oxygen atoms in total. The van der Waals surface area contributed by atoms with Crippen molar-refractivity contribution in [3.63, 3.8) is 0 Å². The maximum atomic E-state index is 12.7. The average molecular weight is 340 g/mol. The van der Waals surface area contributed by atoms with Crippen LogP contribution < -0.4 is 11.1 Å². The van der Waals surface area contributed by atoms with Crippen LogP contribution in [0.15, 0.2) is 0 Å². The number of nitrogens with two attached hydrogens (primary N) is 1. The second kappa shape index (κ2) is 8.09. The van der Waals surface area contributed by atoms with E-state index in [9.17, 15) is 24.3 Å². The molecule has 2 aliphatic rings. The highest BCUT2D eigenvalue weighted by Gasteiger charge is 2.41. The first-order valence-corrected chi connectivity index (χ1v) is 8.25. The van der Waals surface area contributed by atoms with Crippen molar-refractivity contribution < 1.29 is 24.3 Å². The number of carboxylic acid groups (broad SMARTS) is 1. The number of carboxylic acids is 1. The van der Waals surface area contributed by atoms with Gasteiger partial charge >= 0.3 is 5.97 Å². The van der Waals surface area contributed by atoms with E-state index in [1.54, 1.807) is 0 Å². The molecule has 0 aliphatic carbocycles. The number of aliphatic carboxylic acids is 1. The molecule has 2 rings (SSSR count). The summed E-state index contributed by atoms with van der Waals surface area (Å²) >= 11 is 0. The van der Waals surface area contributed by atoms with Crippen molar-refractivity contribution in [1.82, 2.24) is 15.1 Å². The van der Waals surface area contributed by atoms with Crippen LogP contribution in [0, 0.1) is 0 Å². The molecule has 4 N–H and O–H groups in total. The smallest absolute Gasteiger partial charge is 0.326 e. The third-order valence-electron chi connectivity index (χ3n) is 4.49. The second-order valence-corrected chi connectivity index (χ2v) is 6.09. The second-order valence-electron chi connectivity index (χ2n) is 6.09. The largest absolute Gasteiger partial charge is 0.480 e. The van der Waals surface area contributed by atoms with Crippen LogP contribution in [0.25, 0.3) is 0 Å². The van der Waals surface area contributed by atoms with Gasteiger partial charge in [-0.25, -0.2) is 4.79 Å². The summed E-state index contributed by atoms with van der Waals surface area (Å²) in [4.78, 5) is 50.4. The quantitative estimate of drug-likeness (QED) is 0.540. The lowest BCUT2D eigenvalue weighted by atomic mass is 10.1. The fourth-order valence-corrected chi connectivity index (χ4v) is 3.30. The van der Waals surface area contributed by atoms with Gasteiger partial charge in [0.05, 0.1) is 6.54 Å². The van der Waals surface area contributed by atoms with Crippen molar-refractivity contribution >= 4 is 23.7 Å². The van der Waals surface area contributed by atoms with Crippen LogP contribution >= 0.6 is 0 Å². The highest BCUT2D eigenvalue weighted by molar-refractivity contribution is 5.92. The summed E-state index contributed by atoms with van der Waals surface area (Å²) in [5.41, 5.74) is 5.27. The highest BCUT2D eigenvalue weighted by Crippen LogP contribution is 2.24. The van der Waals surface area contributed by atoms with Crippen LogP contribution in [0.3, 0.4) is 0 Å². The Bertz CT molecular complexity index is 524. The van der Waals surface area contributed by atoms with Crippen LogP contribution in [0.1, 0.15) is 32.1 Å². The molecule has 0 saturated carbocycles. The molecule has 24 heavy (non-hydrogen) atoms. The molecule has 2 heterocycles. The molecular weight excluding hydrogens is 316 g/mol. The molecule has 2 saturated heterocycles. The van der Waals surface area contributed by atoms with Crippen molar-refractivity contribution in [1.29, 1.82) is 0 Å². The number of hydrogen-bond acceptors (Lipinski definition) is 5. The number of amides is 3. The molecule has 0 unspecified atom stereocenters. The van der Waals surface area contributed by atoms with E-state index in [1.165, 1.54) is 9.80 Å². The van der Waals surface area contributed by atoms with E-state index < -0.39 is 18.1 Å². The predicted octanol–water partition coefficient (Wildman–Crippen LogP) is -1.48. The third-order valence-corrected chi connectivity index (χ3v) is 4.49. The molecule has 2 aliphatic heterocycles. The van der Waals surface area contributed by atoms with E-state index in [1.807, 2.05) is 0 Å². The van der Waals surface area contributed by atoms with Crippen molar-refractivity contribution in [2.24, 2.45) is 5.73 Å². The summed E-state index contributed by atoms with van der Waals surface area (Å²) in [6, 6.07) is -1.44. The fraction of sp³-hybridized carbons (Fsp3) is 0.733. The lowest BCUT2D eigenvalue weighted by Crippen LogP contribution is -2.52. The fourth-order valence-electron chi connectivity index (χ4n) is 3.30. The number of hydrogen-bond donors (Lipinski definition) is 3.